The van der Waals surface area contributed by atoms with Crippen molar-refractivity contribution in [1.29, 1.82) is 0 Å². The highest BCUT2D eigenvalue weighted by molar-refractivity contribution is 6.12. The van der Waals surface area contributed by atoms with Crippen LogP contribution in [0, 0.1) is 0 Å². The SMILES string of the molecule is NC(=O)c1nc2c(C(=O)Nc3ncc[nH]3)cc(-c3ccccc3)cc2[nH]1. The van der Waals surface area contributed by atoms with E-state index in [1.165, 1.54) is 6.20 Å². The molecule has 0 unspecified atom stereocenters. The number of H-pyrrole nitrogens is 2. The van der Waals surface area contributed by atoms with Crippen LogP contribution in [0.1, 0.15) is 21.0 Å². The maximum Gasteiger partial charge on any atom is 0.284 e. The fourth-order valence-corrected chi connectivity index (χ4v) is 2.71. The number of hydrogen-bond acceptors (Lipinski definition) is 4. The normalized spacial score (nSPS) is 10.8. The van der Waals surface area contributed by atoms with Gasteiger partial charge in [0.1, 0.15) is 5.52 Å². The van der Waals surface area contributed by atoms with Gasteiger partial charge in [0.05, 0.1) is 11.1 Å². The van der Waals surface area contributed by atoms with Crippen LogP contribution in [0.25, 0.3) is 22.2 Å². The van der Waals surface area contributed by atoms with Gasteiger partial charge in [-0.2, -0.15) is 0 Å². The number of imidazole rings is 2. The van der Waals surface area contributed by atoms with E-state index in [-0.39, 0.29) is 5.82 Å². The number of nitrogens with two attached hydrogens (primary N) is 1. The minimum atomic E-state index is -0.695. The van der Waals surface area contributed by atoms with Gasteiger partial charge in [-0.3, -0.25) is 14.9 Å². The predicted molar refractivity (Wildman–Crippen MR) is 96.6 cm³/mol. The highest BCUT2D eigenvalue weighted by atomic mass is 16.2. The summed E-state index contributed by atoms with van der Waals surface area (Å²) in [5.41, 5.74) is 8.27. The number of nitrogens with zero attached hydrogens (tertiary/aromatic N) is 2. The standard InChI is InChI=1S/C18H14N6O2/c19-15(25)16-22-13-9-11(10-4-2-1-3-5-10)8-12(14(13)23-16)17(26)24-18-20-6-7-21-18/h1-9H,(H2,19,25)(H,22,23)(H2,20,21,24,26). The zero-order chi connectivity index (χ0) is 18.1. The van der Waals surface area contributed by atoms with Crippen molar-refractivity contribution in [2.45, 2.75) is 0 Å². The molecule has 0 bridgehead atoms. The topological polar surface area (TPSA) is 130 Å². The van der Waals surface area contributed by atoms with E-state index in [0.717, 1.165) is 11.1 Å². The second kappa shape index (κ2) is 6.17. The number of benzene rings is 2. The summed E-state index contributed by atoms with van der Waals surface area (Å²) in [5, 5.41) is 2.67. The molecule has 8 nitrogen and oxygen atoms in total. The van der Waals surface area contributed by atoms with E-state index in [1.807, 2.05) is 36.4 Å². The predicted octanol–water partition coefficient (Wildman–Crippen LogP) is 2.30. The van der Waals surface area contributed by atoms with Gasteiger partial charge in [-0.15, -0.1) is 0 Å². The Balaban J connectivity index is 1.87. The van der Waals surface area contributed by atoms with Crippen LogP contribution in [-0.2, 0) is 0 Å². The van der Waals surface area contributed by atoms with Gasteiger partial charge in [0, 0.05) is 12.4 Å². The molecule has 2 heterocycles. The van der Waals surface area contributed by atoms with E-state index in [1.54, 1.807) is 12.3 Å². The lowest BCUT2D eigenvalue weighted by Crippen LogP contribution is -2.14. The van der Waals surface area contributed by atoms with Gasteiger partial charge in [-0.25, -0.2) is 9.97 Å². The van der Waals surface area contributed by atoms with E-state index in [9.17, 15) is 9.59 Å². The first-order valence-corrected chi connectivity index (χ1v) is 7.81. The highest BCUT2D eigenvalue weighted by Gasteiger charge is 2.18. The van der Waals surface area contributed by atoms with Crippen LogP contribution in [0.4, 0.5) is 5.95 Å². The van der Waals surface area contributed by atoms with Crippen LogP contribution >= 0.6 is 0 Å². The number of primary amides is 1. The van der Waals surface area contributed by atoms with Crippen molar-refractivity contribution in [1.82, 2.24) is 19.9 Å². The molecule has 0 saturated heterocycles. The number of rotatable bonds is 4. The molecule has 0 aliphatic carbocycles. The second-order valence-corrected chi connectivity index (χ2v) is 5.63. The number of fused-ring (bicyclic) bond motifs is 1. The van der Waals surface area contributed by atoms with E-state index in [2.05, 4.69) is 25.3 Å². The third-order valence-corrected chi connectivity index (χ3v) is 3.90. The molecule has 0 aliphatic rings. The van der Waals surface area contributed by atoms with Gasteiger partial charge in [-0.1, -0.05) is 30.3 Å². The van der Waals surface area contributed by atoms with Crippen LogP contribution in [0.3, 0.4) is 0 Å². The summed E-state index contributed by atoms with van der Waals surface area (Å²) in [4.78, 5) is 38.1. The second-order valence-electron chi connectivity index (χ2n) is 5.63. The molecule has 0 radical (unpaired) electrons. The molecule has 0 atom stereocenters. The van der Waals surface area contributed by atoms with Crippen LogP contribution < -0.4 is 11.1 Å². The fraction of sp³-hybridized carbons (Fsp3) is 0. The van der Waals surface area contributed by atoms with Crippen molar-refractivity contribution < 1.29 is 9.59 Å². The summed E-state index contributed by atoms with van der Waals surface area (Å²) in [6.45, 7) is 0. The highest BCUT2D eigenvalue weighted by Crippen LogP contribution is 2.27. The Labute approximate surface area is 147 Å². The molecule has 0 saturated carbocycles. The van der Waals surface area contributed by atoms with Gasteiger partial charge in [0.25, 0.3) is 11.8 Å². The largest absolute Gasteiger partial charge is 0.363 e. The van der Waals surface area contributed by atoms with E-state index >= 15 is 0 Å². The van der Waals surface area contributed by atoms with Crippen LogP contribution in [0.5, 0.6) is 0 Å². The van der Waals surface area contributed by atoms with Gasteiger partial charge in [-0.05, 0) is 23.3 Å². The van der Waals surface area contributed by atoms with Gasteiger partial charge in [0.15, 0.2) is 5.82 Å². The molecule has 4 aromatic rings. The Kier molecular flexibility index (Phi) is 3.70. The molecular weight excluding hydrogens is 332 g/mol. The summed E-state index contributed by atoms with van der Waals surface area (Å²) < 4.78 is 0. The summed E-state index contributed by atoms with van der Waals surface area (Å²) in [6, 6.07) is 13.1. The Morgan fingerprint density at radius 1 is 1.08 bits per heavy atom. The molecule has 2 aromatic heterocycles. The Morgan fingerprint density at radius 2 is 1.88 bits per heavy atom. The number of hydrogen-bond donors (Lipinski definition) is 4. The maximum absolute atomic E-state index is 12.7. The maximum atomic E-state index is 12.7. The minimum Gasteiger partial charge on any atom is -0.363 e. The zero-order valence-electron chi connectivity index (χ0n) is 13.5. The van der Waals surface area contributed by atoms with Crippen molar-refractivity contribution in [2.24, 2.45) is 5.73 Å². The van der Waals surface area contributed by atoms with E-state index in [4.69, 9.17) is 5.73 Å². The number of carbonyl (C=O) groups excluding carboxylic acids is 2. The summed E-state index contributed by atoms with van der Waals surface area (Å²) in [7, 11) is 0. The number of carbonyl (C=O) groups is 2. The Morgan fingerprint density at radius 3 is 2.58 bits per heavy atom. The van der Waals surface area contributed by atoms with Crippen LogP contribution in [0.15, 0.2) is 54.9 Å². The zero-order valence-corrected chi connectivity index (χ0v) is 13.5. The van der Waals surface area contributed by atoms with Crippen molar-refractivity contribution in [3.63, 3.8) is 0 Å². The number of anilines is 1. The molecule has 26 heavy (non-hydrogen) atoms. The average Bonchev–Trinajstić information content (AvgIpc) is 3.30. The summed E-state index contributed by atoms with van der Waals surface area (Å²) in [6.07, 6.45) is 3.14. The molecule has 0 spiro atoms. The first-order chi connectivity index (χ1) is 12.6. The minimum absolute atomic E-state index is 0.00254. The molecule has 128 valence electrons. The van der Waals surface area contributed by atoms with Crippen molar-refractivity contribution >= 4 is 28.8 Å². The van der Waals surface area contributed by atoms with Gasteiger partial charge >= 0.3 is 0 Å². The third kappa shape index (κ3) is 2.80. The van der Waals surface area contributed by atoms with Gasteiger partial charge in [0.2, 0.25) is 5.95 Å². The molecule has 0 fully saturated rings. The molecule has 0 aliphatic heterocycles. The van der Waals surface area contributed by atoms with Crippen molar-refractivity contribution in [3.8, 4) is 11.1 Å². The van der Waals surface area contributed by atoms with E-state index in [0.29, 0.717) is 22.5 Å². The lowest BCUT2D eigenvalue weighted by Gasteiger charge is -2.07. The molecule has 5 N–H and O–H groups in total. The average molecular weight is 346 g/mol. The van der Waals surface area contributed by atoms with Crippen molar-refractivity contribution in [3.05, 3.63) is 66.2 Å². The smallest absolute Gasteiger partial charge is 0.284 e. The lowest BCUT2D eigenvalue weighted by atomic mass is 10.0. The summed E-state index contributed by atoms with van der Waals surface area (Å²) in [5.74, 6) is -0.777. The Bertz CT molecular complexity index is 1100. The fourth-order valence-electron chi connectivity index (χ4n) is 2.71. The first-order valence-electron chi connectivity index (χ1n) is 7.81. The molecule has 2 aromatic carbocycles. The number of nitrogens with one attached hydrogen (secondary N) is 3. The summed E-state index contributed by atoms with van der Waals surface area (Å²) >= 11 is 0. The number of aromatic amines is 2. The number of amides is 2. The first kappa shape index (κ1) is 15.6. The van der Waals surface area contributed by atoms with Crippen molar-refractivity contribution in [2.75, 3.05) is 5.32 Å². The molecular formula is C18H14N6O2. The Hall–Kier alpha value is -3.94. The quantitative estimate of drug-likeness (QED) is 0.452. The van der Waals surface area contributed by atoms with Crippen LogP contribution in [0.2, 0.25) is 0 Å². The van der Waals surface area contributed by atoms with Crippen LogP contribution in [-0.4, -0.2) is 31.8 Å². The lowest BCUT2D eigenvalue weighted by molar-refractivity contribution is 0.0989. The molecule has 2 amide bonds. The number of aromatic nitrogens is 4. The molecule has 8 heteroatoms. The third-order valence-electron chi connectivity index (χ3n) is 3.90. The van der Waals surface area contributed by atoms with E-state index < -0.39 is 11.8 Å². The van der Waals surface area contributed by atoms with Gasteiger partial charge < -0.3 is 15.7 Å². The monoisotopic (exact) mass is 346 g/mol. The molecule has 4 rings (SSSR count).